The SMILES string of the molecule is CCC(C)(C)CC(=O)N1CCC1. The highest BCUT2D eigenvalue weighted by atomic mass is 16.2. The molecular formula is C10H19NO. The Morgan fingerprint density at radius 2 is 2.00 bits per heavy atom. The summed E-state index contributed by atoms with van der Waals surface area (Å²) in [4.78, 5) is 13.5. The summed E-state index contributed by atoms with van der Waals surface area (Å²) in [7, 11) is 0. The second-order valence-corrected chi connectivity index (χ2v) is 4.43. The molecule has 70 valence electrons. The predicted molar refractivity (Wildman–Crippen MR) is 49.9 cm³/mol. The van der Waals surface area contributed by atoms with Crippen molar-refractivity contribution < 1.29 is 4.79 Å². The van der Waals surface area contributed by atoms with Gasteiger partial charge in [0.25, 0.3) is 0 Å². The van der Waals surface area contributed by atoms with Crippen molar-refractivity contribution >= 4 is 5.91 Å². The Kier molecular flexibility index (Phi) is 2.76. The molecule has 1 amide bonds. The molecule has 2 heteroatoms. The first-order valence-electron chi connectivity index (χ1n) is 4.83. The van der Waals surface area contributed by atoms with Crippen molar-refractivity contribution in [3.63, 3.8) is 0 Å². The Bertz CT molecular complexity index is 171. The molecule has 0 aromatic rings. The van der Waals surface area contributed by atoms with Gasteiger partial charge in [-0.15, -0.1) is 0 Å². The minimum atomic E-state index is 0.187. The fraction of sp³-hybridized carbons (Fsp3) is 0.900. The van der Waals surface area contributed by atoms with Crippen molar-refractivity contribution in [2.45, 2.75) is 40.0 Å². The van der Waals surface area contributed by atoms with Crippen molar-refractivity contribution in [2.24, 2.45) is 5.41 Å². The molecule has 0 N–H and O–H groups in total. The maximum atomic E-state index is 11.5. The van der Waals surface area contributed by atoms with Crippen LogP contribution in [0, 0.1) is 5.41 Å². The van der Waals surface area contributed by atoms with Crippen LogP contribution in [0.1, 0.15) is 40.0 Å². The van der Waals surface area contributed by atoms with E-state index in [9.17, 15) is 4.79 Å². The number of likely N-dealkylation sites (tertiary alicyclic amines) is 1. The zero-order chi connectivity index (χ0) is 9.19. The minimum absolute atomic E-state index is 0.187. The highest BCUT2D eigenvalue weighted by Gasteiger charge is 2.26. The number of hydrogen-bond acceptors (Lipinski definition) is 1. The highest BCUT2D eigenvalue weighted by Crippen LogP contribution is 2.26. The molecule has 1 saturated heterocycles. The average Bonchev–Trinajstić information content (AvgIpc) is 1.82. The topological polar surface area (TPSA) is 20.3 Å². The molecule has 0 unspecified atom stereocenters. The Morgan fingerprint density at radius 3 is 2.33 bits per heavy atom. The molecule has 1 aliphatic rings. The van der Waals surface area contributed by atoms with E-state index in [1.807, 2.05) is 4.90 Å². The van der Waals surface area contributed by atoms with Gasteiger partial charge in [0.2, 0.25) is 5.91 Å². The number of carbonyl (C=O) groups excluding carboxylic acids is 1. The van der Waals surface area contributed by atoms with E-state index in [1.165, 1.54) is 6.42 Å². The monoisotopic (exact) mass is 169 g/mol. The lowest BCUT2D eigenvalue weighted by molar-refractivity contribution is -0.136. The summed E-state index contributed by atoms with van der Waals surface area (Å²) >= 11 is 0. The number of amides is 1. The highest BCUT2D eigenvalue weighted by molar-refractivity contribution is 5.77. The molecule has 2 nitrogen and oxygen atoms in total. The van der Waals surface area contributed by atoms with Gasteiger partial charge in [-0.1, -0.05) is 27.2 Å². The van der Waals surface area contributed by atoms with Crippen molar-refractivity contribution in [2.75, 3.05) is 13.1 Å². The van der Waals surface area contributed by atoms with Crippen LogP contribution < -0.4 is 0 Å². The summed E-state index contributed by atoms with van der Waals surface area (Å²) in [5, 5.41) is 0. The van der Waals surface area contributed by atoms with Crippen molar-refractivity contribution in [1.82, 2.24) is 4.90 Å². The van der Waals surface area contributed by atoms with E-state index in [0.717, 1.165) is 19.5 Å². The molecule has 0 radical (unpaired) electrons. The summed E-state index contributed by atoms with van der Waals surface area (Å²) in [5.74, 6) is 0.341. The molecule has 0 atom stereocenters. The van der Waals surface area contributed by atoms with Gasteiger partial charge in [-0.05, 0) is 11.8 Å². The van der Waals surface area contributed by atoms with Gasteiger partial charge in [0.1, 0.15) is 0 Å². The van der Waals surface area contributed by atoms with Crippen LogP contribution in [-0.2, 0) is 4.79 Å². The van der Waals surface area contributed by atoms with Crippen molar-refractivity contribution in [3.05, 3.63) is 0 Å². The molecule has 1 heterocycles. The van der Waals surface area contributed by atoms with Gasteiger partial charge >= 0.3 is 0 Å². The minimum Gasteiger partial charge on any atom is -0.343 e. The van der Waals surface area contributed by atoms with Crippen LogP contribution in [0.4, 0.5) is 0 Å². The summed E-state index contributed by atoms with van der Waals surface area (Å²) in [6.45, 7) is 8.43. The molecule has 0 saturated carbocycles. The van der Waals surface area contributed by atoms with Crippen LogP contribution in [-0.4, -0.2) is 23.9 Å². The average molecular weight is 169 g/mol. The quantitative estimate of drug-likeness (QED) is 0.633. The van der Waals surface area contributed by atoms with Gasteiger partial charge in [-0.2, -0.15) is 0 Å². The number of hydrogen-bond donors (Lipinski definition) is 0. The number of carbonyl (C=O) groups is 1. The maximum absolute atomic E-state index is 11.5. The second kappa shape index (κ2) is 3.46. The summed E-state index contributed by atoms with van der Waals surface area (Å²) < 4.78 is 0. The Balaban J connectivity index is 2.34. The van der Waals surface area contributed by atoms with E-state index < -0.39 is 0 Å². The van der Waals surface area contributed by atoms with Gasteiger partial charge in [-0.25, -0.2) is 0 Å². The molecule has 0 aromatic heterocycles. The smallest absolute Gasteiger partial charge is 0.223 e. The molecule has 0 spiro atoms. The van der Waals surface area contributed by atoms with E-state index in [0.29, 0.717) is 12.3 Å². The predicted octanol–water partition coefficient (Wildman–Crippen LogP) is 2.04. The van der Waals surface area contributed by atoms with Crippen LogP contribution in [0.15, 0.2) is 0 Å². The lowest BCUT2D eigenvalue weighted by Gasteiger charge is -2.34. The molecule has 12 heavy (non-hydrogen) atoms. The number of rotatable bonds is 3. The van der Waals surface area contributed by atoms with Crippen LogP contribution in [0.2, 0.25) is 0 Å². The third-order valence-corrected chi connectivity index (χ3v) is 2.80. The first kappa shape index (κ1) is 9.56. The zero-order valence-corrected chi connectivity index (χ0v) is 8.39. The van der Waals surface area contributed by atoms with E-state index in [4.69, 9.17) is 0 Å². The first-order valence-corrected chi connectivity index (χ1v) is 4.83. The summed E-state index contributed by atoms with van der Waals surface area (Å²) in [6, 6.07) is 0. The van der Waals surface area contributed by atoms with Gasteiger partial charge in [-0.3, -0.25) is 4.79 Å². The third-order valence-electron chi connectivity index (χ3n) is 2.80. The Morgan fingerprint density at radius 1 is 1.42 bits per heavy atom. The van der Waals surface area contributed by atoms with Gasteiger partial charge in [0.05, 0.1) is 0 Å². The van der Waals surface area contributed by atoms with E-state index in [2.05, 4.69) is 20.8 Å². The molecule has 0 aromatic carbocycles. The van der Waals surface area contributed by atoms with E-state index in [-0.39, 0.29) is 5.41 Å². The van der Waals surface area contributed by atoms with Gasteiger partial charge < -0.3 is 4.90 Å². The molecule has 0 aliphatic carbocycles. The summed E-state index contributed by atoms with van der Waals surface area (Å²) in [5.41, 5.74) is 0.187. The fourth-order valence-electron chi connectivity index (χ4n) is 1.21. The second-order valence-electron chi connectivity index (χ2n) is 4.43. The molecular weight excluding hydrogens is 150 g/mol. The van der Waals surface area contributed by atoms with Crippen LogP contribution in [0.25, 0.3) is 0 Å². The Hall–Kier alpha value is -0.530. The molecule has 1 rings (SSSR count). The standard InChI is InChI=1S/C10H19NO/c1-4-10(2,3)8-9(12)11-6-5-7-11/h4-8H2,1-3H3. The lowest BCUT2D eigenvalue weighted by atomic mass is 9.85. The van der Waals surface area contributed by atoms with E-state index in [1.54, 1.807) is 0 Å². The van der Waals surface area contributed by atoms with Crippen molar-refractivity contribution in [3.8, 4) is 0 Å². The van der Waals surface area contributed by atoms with Gasteiger partial charge in [0.15, 0.2) is 0 Å². The molecule has 1 aliphatic heterocycles. The normalized spacial score (nSPS) is 17.4. The first-order chi connectivity index (χ1) is 5.55. The zero-order valence-electron chi connectivity index (χ0n) is 8.39. The molecule has 0 bridgehead atoms. The Labute approximate surface area is 74.9 Å². The van der Waals surface area contributed by atoms with Crippen LogP contribution in [0.3, 0.4) is 0 Å². The largest absolute Gasteiger partial charge is 0.343 e. The summed E-state index contributed by atoms with van der Waals surface area (Å²) in [6.07, 6.45) is 2.98. The van der Waals surface area contributed by atoms with E-state index >= 15 is 0 Å². The van der Waals surface area contributed by atoms with Crippen LogP contribution >= 0.6 is 0 Å². The number of nitrogens with zero attached hydrogens (tertiary/aromatic N) is 1. The third kappa shape index (κ3) is 2.23. The molecule has 1 fully saturated rings. The fourth-order valence-corrected chi connectivity index (χ4v) is 1.21. The van der Waals surface area contributed by atoms with Crippen LogP contribution in [0.5, 0.6) is 0 Å². The maximum Gasteiger partial charge on any atom is 0.223 e. The van der Waals surface area contributed by atoms with Crippen molar-refractivity contribution in [1.29, 1.82) is 0 Å². The van der Waals surface area contributed by atoms with Gasteiger partial charge in [0, 0.05) is 19.5 Å². The lowest BCUT2D eigenvalue weighted by Crippen LogP contribution is -2.43.